The zero-order valence-electron chi connectivity index (χ0n) is 13.0. The van der Waals surface area contributed by atoms with Crippen molar-refractivity contribution >= 4 is 28.9 Å². The lowest BCUT2D eigenvalue weighted by atomic mass is 10.1. The smallest absolute Gasteiger partial charge is 0.269 e. The van der Waals surface area contributed by atoms with E-state index in [1.807, 2.05) is 19.1 Å². The molecule has 0 atom stereocenters. The molecular weight excluding hydrogens is 310 g/mol. The normalized spacial score (nSPS) is 13.7. The van der Waals surface area contributed by atoms with Gasteiger partial charge in [-0.25, -0.2) is 0 Å². The Balaban J connectivity index is 1.97. The van der Waals surface area contributed by atoms with Crippen LogP contribution in [0, 0.1) is 17.0 Å². The third-order valence-corrected chi connectivity index (χ3v) is 3.85. The lowest BCUT2D eigenvalue weighted by Gasteiger charge is -2.22. The summed E-state index contributed by atoms with van der Waals surface area (Å²) in [6.07, 6.45) is 0.187. The van der Waals surface area contributed by atoms with Crippen LogP contribution in [0.1, 0.15) is 22.3 Å². The summed E-state index contributed by atoms with van der Waals surface area (Å²) in [5.74, 6) is -0.452. The van der Waals surface area contributed by atoms with Gasteiger partial charge in [-0.05, 0) is 36.8 Å². The van der Waals surface area contributed by atoms with Crippen molar-refractivity contribution in [1.82, 2.24) is 0 Å². The maximum Gasteiger partial charge on any atom is 0.269 e. The molecule has 0 saturated heterocycles. The van der Waals surface area contributed by atoms with E-state index in [0.717, 1.165) is 5.56 Å². The molecule has 24 heavy (non-hydrogen) atoms. The van der Waals surface area contributed by atoms with Crippen molar-refractivity contribution in [2.45, 2.75) is 13.3 Å². The molecule has 0 spiro atoms. The highest BCUT2D eigenvalue weighted by Gasteiger charge is 2.25. The number of carbonyl (C=O) groups excluding carboxylic acids is 2. The van der Waals surface area contributed by atoms with Crippen molar-refractivity contribution in [3.05, 3.63) is 63.7 Å². The van der Waals surface area contributed by atoms with Crippen LogP contribution in [0.15, 0.2) is 42.5 Å². The number of fused-ring (bicyclic) bond motifs is 1. The van der Waals surface area contributed by atoms with Crippen LogP contribution < -0.4 is 10.2 Å². The SMILES string of the molecule is Cc1ccc2c(c1)NC(=O)CCN2C(=O)c1ccc([N+](=O)[O-])cc1. The first-order valence-electron chi connectivity index (χ1n) is 7.42. The number of benzene rings is 2. The zero-order valence-corrected chi connectivity index (χ0v) is 13.0. The lowest BCUT2D eigenvalue weighted by molar-refractivity contribution is -0.384. The predicted octanol–water partition coefficient (Wildman–Crippen LogP) is 2.89. The molecule has 2 amide bonds. The number of anilines is 2. The van der Waals surface area contributed by atoms with Gasteiger partial charge in [-0.2, -0.15) is 0 Å². The van der Waals surface area contributed by atoms with E-state index in [0.29, 0.717) is 16.9 Å². The molecule has 2 aromatic carbocycles. The highest BCUT2D eigenvalue weighted by atomic mass is 16.6. The molecule has 1 aliphatic rings. The summed E-state index contributed by atoms with van der Waals surface area (Å²) < 4.78 is 0. The standard InChI is InChI=1S/C17H15N3O4/c1-11-2-7-15-14(10-11)18-16(21)8-9-19(15)17(22)12-3-5-13(6-4-12)20(23)24/h2-7,10H,8-9H2,1H3,(H,18,21). The lowest BCUT2D eigenvalue weighted by Crippen LogP contribution is -2.31. The van der Waals surface area contributed by atoms with Gasteiger partial charge in [0.15, 0.2) is 0 Å². The summed E-state index contributed by atoms with van der Waals surface area (Å²) in [6.45, 7) is 2.15. The molecule has 0 fully saturated rings. The number of rotatable bonds is 2. The molecule has 1 aliphatic heterocycles. The quantitative estimate of drug-likeness (QED) is 0.678. The van der Waals surface area contributed by atoms with Gasteiger partial charge in [0, 0.05) is 30.7 Å². The minimum absolute atomic E-state index is 0.0738. The van der Waals surface area contributed by atoms with E-state index in [1.54, 1.807) is 6.07 Å². The fourth-order valence-electron chi connectivity index (χ4n) is 2.62. The van der Waals surface area contributed by atoms with E-state index in [-0.39, 0.29) is 30.5 Å². The summed E-state index contributed by atoms with van der Waals surface area (Å²) in [4.78, 5) is 36.4. The fourth-order valence-corrected chi connectivity index (χ4v) is 2.62. The largest absolute Gasteiger partial charge is 0.324 e. The molecule has 3 rings (SSSR count). The number of nitro benzene ring substituents is 1. The highest BCUT2D eigenvalue weighted by molar-refractivity contribution is 6.10. The topological polar surface area (TPSA) is 92.6 Å². The molecule has 0 radical (unpaired) electrons. The molecule has 1 N–H and O–H groups in total. The molecule has 0 bridgehead atoms. The van der Waals surface area contributed by atoms with Crippen molar-refractivity contribution in [3.63, 3.8) is 0 Å². The molecule has 0 aliphatic carbocycles. The first kappa shape index (κ1) is 15.7. The van der Waals surface area contributed by atoms with E-state index in [2.05, 4.69) is 5.32 Å². The van der Waals surface area contributed by atoms with Gasteiger partial charge >= 0.3 is 0 Å². The van der Waals surface area contributed by atoms with E-state index in [1.165, 1.54) is 29.2 Å². The van der Waals surface area contributed by atoms with Crippen molar-refractivity contribution in [3.8, 4) is 0 Å². The molecule has 0 saturated carbocycles. The Hall–Kier alpha value is -3.22. The van der Waals surface area contributed by atoms with Crippen LogP contribution in [0.25, 0.3) is 0 Å². The number of hydrogen-bond acceptors (Lipinski definition) is 4. The van der Waals surface area contributed by atoms with Gasteiger partial charge in [0.1, 0.15) is 0 Å². The van der Waals surface area contributed by atoms with E-state index in [9.17, 15) is 19.7 Å². The number of non-ortho nitro benzene ring substituents is 1. The first-order valence-corrected chi connectivity index (χ1v) is 7.42. The van der Waals surface area contributed by atoms with Gasteiger partial charge < -0.3 is 10.2 Å². The minimum Gasteiger partial charge on any atom is -0.324 e. The molecule has 122 valence electrons. The Bertz CT molecular complexity index is 830. The Labute approximate surface area is 138 Å². The highest BCUT2D eigenvalue weighted by Crippen LogP contribution is 2.31. The second kappa shape index (κ2) is 6.11. The summed E-state index contributed by atoms with van der Waals surface area (Å²) in [6, 6.07) is 10.9. The molecular formula is C17H15N3O4. The summed E-state index contributed by atoms with van der Waals surface area (Å²) in [7, 11) is 0. The van der Waals surface area contributed by atoms with Crippen molar-refractivity contribution in [2.24, 2.45) is 0 Å². The van der Waals surface area contributed by atoms with Gasteiger partial charge in [0.25, 0.3) is 11.6 Å². The van der Waals surface area contributed by atoms with Gasteiger partial charge in [-0.1, -0.05) is 6.07 Å². The summed E-state index contributed by atoms with van der Waals surface area (Å²) in [5.41, 5.74) is 2.44. The Morgan fingerprint density at radius 3 is 2.58 bits per heavy atom. The molecule has 2 aromatic rings. The molecule has 7 nitrogen and oxygen atoms in total. The Morgan fingerprint density at radius 2 is 1.92 bits per heavy atom. The monoisotopic (exact) mass is 325 g/mol. The number of hydrogen-bond donors (Lipinski definition) is 1. The van der Waals surface area contributed by atoms with Crippen molar-refractivity contribution in [1.29, 1.82) is 0 Å². The van der Waals surface area contributed by atoms with Gasteiger partial charge in [0.2, 0.25) is 5.91 Å². The van der Waals surface area contributed by atoms with Crippen LogP contribution in [0.3, 0.4) is 0 Å². The van der Waals surface area contributed by atoms with E-state index >= 15 is 0 Å². The molecule has 7 heteroatoms. The minimum atomic E-state index is -0.513. The van der Waals surface area contributed by atoms with E-state index in [4.69, 9.17) is 0 Å². The van der Waals surface area contributed by atoms with Crippen LogP contribution >= 0.6 is 0 Å². The van der Waals surface area contributed by atoms with Crippen LogP contribution in [-0.2, 0) is 4.79 Å². The second-order valence-electron chi connectivity index (χ2n) is 5.58. The maximum atomic E-state index is 12.8. The number of nitrogens with one attached hydrogen (secondary N) is 1. The third-order valence-electron chi connectivity index (χ3n) is 3.85. The van der Waals surface area contributed by atoms with Crippen LogP contribution in [0.5, 0.6) is 0 Å². The number of nitrogens with zero attached hydrogens (tertiary/aromatic N) is 2. The number of aryl methyl sites for hydroxylation is 1. The molecule has 0 unspecified atom stereocenters. The second-order valence-corrected chi connectivity index (χ2v) is 5.58. The van der Waals surface area contributed by atoms with Gasteiger partial charge in [0.05, 0.1) is 16.3 Å². The summed E-state index contributed by atoms with van der Waals surface area (Å²) >= 11 is 0. The van der Waals surface area contributed by atoms with Crippen molar-refractivity contribution in [2.75, 3.05) is 16.8 Å². The fraction of sp³-hybridized carbons (Fsp3) is 0.176. The average molecular weight is 325 g/mol. The summed E-state index contributed by atoms with van der Waals surface area (Å²) in [5, 5.41) is 13.5. The third kappa shape index (κ3) is 2.96. The number of amides is 2. The number of carbonyl (C=O) groups is 2. The van der Waals surface area contributed by atoms with Gasteiger partial charge in [-0.3, -0.25) is 19.7 Å². The Kier molecular flexibility index (Phi) is 3.99. The zero-order chi connectivity index (χ0) is 17.3. The van der Waals surface area contributed by atoms with Crippen LogP contribution in [0.4, 0.5) is 17.1 Å². The molecule has 1 heterocycles. The van der Waals surface area contributed by atoms with Crippen LogP contribution in [0.2, 0.25) is 0 Å². The number of nitro groups is 1. The Morgan fingerprint density at radius 1 is 1.21 bits per heavy atom. The first-order chi connectivity index (χ1) is 11.5. The maximum absolute atomic E-state index is 12.8. The average Bonchev–Trinajstić information content (AvgIpc) is 2.72. The van der Waals surface area contributed by atoms with Crippen molar-refractivity contribution < 1.29 is 14.5 Å². The van der Waals surface area contributed by atoms with Crippen LogP contribution in [-0.4, -0.2) is 23.3 Å². The van der Waals surface area contributed by atoms with Gasteiger partial charge in [-0.15, -0.1) is 0 Å². The molecule has 0 aromatic heterocycles. The van der Waals surface area contributed by atoms with E-state index < -0.39 is 4.92 Å². The predicted molar refractivity (Wildman–Crippen MR) is 89.2 cm³/mol.